The minimum atomic E-state index is -0.294. The Morgan fingerprint density at radius 1 is 1.29 bits per heavy atom. The van der Waals surface area contributed by atoms with E-state index in [0.717, 1.165) is 42.7 Å². The van der Waals surface area contributed by atoms with Crippen molar-refractivity contribution in [1.82, 2.24) is 19.5 Å². The molecule has 4 rings (SSSR count). The molecular weight excluding hydrogens is 379 g/mol. The maximum absolute atomic E-state index is 14.1. The average Bonchev–Trinajstić information content (AvgIpc) is 3.55. The number of hydrogen-bond donors (Lipinski definition) is 1. The number of hydrogen-bond acceptors (Lipinski definition) is 7. The highest BCUT2D eigenvalue weighted by atomic mass is 32.2. The number of aldehydes is 1. The minimum absolute atomic E-state index is 0.294. The van der Waals surface area contributed by atoms with Gasteiger partial charge in [0.1, 0.15) is 12.1 Å². The number of fused-ring (bicyclic) bond motifs is 1. The summed E-state index contributed by atoms with van der Waals surface area (Å²) in [6.45, 7) is 4.64. The van der Waals surface area contributed by atoms with E-state index in [1.807, 2.05) is 12.1 Å². The number of methoxy groups -OCH3 is 1. The van der Waals surface area contributed by atoms with Crippen molar-refractivity contribution in [3.8, 4) is 5.88 Å². The fourth-order valence-electron chi connectivity index (χ4n) is 2.96. The van der Waals surface area contributed by atoms with Crippen LogP contribution in [0.2, 0.25) is 0 Å². The molecule has 1 aliphatic carbocycles. The van der Waals surface area contributed by atoms with E-state index in [2.05, 4.69) is 26.6 Å². The fourth-order valence-corrected chi connectivity index (χ4v) is 3.98. The maximum Gasteiger partial charge on any atom is 0.224 e. The summed E-state index contributed by atoms with van der Waals surface area (Å²) in [7, 11) is 3.65. The quantitative estimate of drug-likeness (QED) is 0.584. The van der Waals surface area contributed by atoms with Crippen molar-refractivity contribution in [3.63, 3.8) is 0 Å². The van der Waals surface area contributed by atoms with E-state index in [9.17, 15) is 9.18 Å². The summed E-state index contributed by atoms with van der Waals surface area (Å²) in [6.07, 6.45) is 5.08. The SMILES string of the molecule is COc1nccc2c(SN3CCN(C)CC3)ccc(F)c12.O=CCNC1CC1. The molecule has 8 heteroatoms. The van der Waals surface area contributed by atoms with Gasteiger partial charge in [-0.05, 0) is 50.0 Å². The molecule has 1 saturated heterocycles. The number of carbonyl (C=O) groups excluding carboxylic acids is 1. The number of nitrogens with one attached hydrogen (secondary N) is 1. The molecule has 1 saturated carbocycles. The van der Waals surface area contributed by atoms with Crippen molar-refractivity contribution in [2.45, 2.75) is 23.8 Å². The largest absolute Gasteiger partial charge is 0.480 e. The molecule has 1 aliphatic heterocycles. The number of halogens is 1. The molecule has 0 amide bonds. The van der Waals surface area contributed by atoms with Gasteiger partial charge in [0, 0.05) is 48.7 Å². The molecule has 1 N–H and O–H groups in total. The van der Waals surface area contributed by atoms with E-state index in [0.29, 0.717) is 23.9 Å². The van der Waals surface area contributed by atoms with Crippen LogP contribution in [0.5, 0.6) is 5.88 Å². The molecule has 2 fully saturated rings. The monoisotopic (exact) mass is 406 g/mol. The second kappa shape index (κ2) is 10.2. The van der Waals surface area contributed by atoms with Gasteiger partial charge in [0.15, 0.2) is 0 Å². The molecule has 1 aromatic heterocycles. The lowest BCUT2D eigenvalue weighted by molar-refractivity contribution is -0.107. The maximum atomic E-state index is 14.1. The number of aromatic nitrogens is 1. The van der Waals surface area contributed by atoms with Crippen LogP contribution in [-0.4, -0.2) is 73.4 Å². The van der Waals surface area contributed by atoms with Crippen molar-refractivity contribution < 1.29 is 13.9 Å². The summed E-state index contributed by atoms with van der Waals surface area (Å²) in [4.78, 5) is 17.1. The Labute approximate surface area is 169 Å². The highest BCUT2D eigenvalue weighted by Crippen LogP contribution is 2.35. The number of ether oxygens (including phenoxy) is 1. The van der Waals surface area contributed by atoms with Crippen LogP contribution in [0.1, 0.15) is 12.8 Å². The van der Waals surface area contributed by atoms with Crippen LogP contribution in [0, 0.1) is 5.82 Å². The van der Waals surface area contributed by atoms with Gasteiger partial charge in [-0.15, -0.1) is 0 Å². The minimum Gasteiger partial charge on any atom is -0.480 e. The highest BCUT2D eigenvalue weighted by molar-refractivity contribution is 7.97. The predicted octanol–water partition coefficient (Wildman–Crippen LogP) is 2.57. The van der Waals surface area contributed by atoms with Crippen LogP contribution < -0.4 is 10.1 Å². The Hall–Kier alpha value is -1.74. The average molecular weight is 407 g/mol. The zero-order chi connectivity index (χ0) is 19.9. The summed E-state index contributed by atoms with van der Waals surface area (Å²) in [5, 5.41) is 4.35. The van der Waals surface area contributed by atoms with Crippen LogP contribution in [0.15, 0.2) is 29.3 Å². The molecule has 0 unspecified atom stereocenters. The van der Waals surface area contributed by atoms with E-state index < -0.39 is 0 Å². The van der Waals surface area contributed by atoms with Crippen LogP contribution in [0.3, 0.4) is 0 Å². The molecule has 2 heterocycles. The van der Waals surface area contributed by atoms with Gasteiger partial charge < -0.3 is 19.7 Å². The topological polar surface area (TPSA) is 57.7 Å². The summed E-state index contributed by atoms with van der Waals surface area (Å²) < 4.78 is 21.6. The van der Waals surface area contributed by atoms with Crippen molar-refractivity contribution in [1.29, 1.82) is 0 Å². The Bertz CT molecular complexity index is 795. The van der Waals surface area contributed by atoms with Gasteiger partial charge in [-0.1, -0.05) is 0 Å². The lowest BCUT2D eigenvalue weighted by Gasteiger charge is -2.31. The molecule has 0 atom stereocenters. The fraction of sp³-hybridized carbons (Fsp3) is 0.500. The molecule has 2 aliphatic rings. The van der Waals surface area contributed by atoms with Gasteiger partial charge >= 0.3 is 0 Å². The van der Waals surface area contributed by atoms with Gasteiger partial charge in [0.25, 0.3) is 0 Å². The first-order valence-corrected chi connectivity index (χ1v) is 10.3. The highest BCUT2D eigenvalue weighted by Gasteiger charge is 2.19. The smallest absolute Gasteiger partial charge is 0.224 e. The molecular formula is C20H27FN4O2S. The predicted molar refractivity (Wildman–Crippen MR) is 110 cm³/mol. The van der Waals surface area contributed by atoms with Crippen molar-refractivity contribution in [2.24, 2.45) is 0 Å². The molecule has 1 aromatic carbocycles. The Morgan fingerprint density at radius 2 is 2.04 bits per heavy atom. The first-order valence-electron chi connectivity index (χ1n) is 9.52. The summed E-state index contributed by atoms with van der Waals surface area (Å²) in [6, 6.07) is 5.84. The first kappa shape index (κ1) is 21.0. The van der Waals surface area contributed by atoms with Crippen LogP contribution in [-0.2, 0) is 4.79 Å². The van der Waals surface area contributed by atoms with Gasteiger partial charge in [0.05, 0.1) is 19.0 Å². The van der Waals surface area contributed by atoms with E-state index >= 15 is 0 Å². The lowest BCUT2D eigenvalue weighted by Crippen LogP contribution is -2.40. The van der Waals surface area contributed by atoms with E-state index in [4.69, 9.17) is 4.74 Å². The Morgan fingerprint density at radius 3 is 2.68 bits per heavy atom. The molecule has 28 heavy (non-hydrogen) atoms. The molecule has 152 valence electrons. The van der Waals surface area contributed by atoms with Gasteiger partial charge in [-0.2, -0.15) is 0 Å². The number of piperazine rings is 1. The normalized spacial score (nSPS) is 17.8. The second-order valence-electron chi connectivity index (χ2n) is 6.96. The number of benzene rings is 1. The van der Waals surface area contributed by atoms with E-state index in [1.165, 1.54) is 26.0 Å². The van der Waals surface area contributed by atoms with Crippen LogP contribution in [0.25, 0.3) is 10.8 Å². The number of carbonyl (C=O) groups is 1. The number of nitrogens with zero attached hydrogens (tertiary/aromatic N) is 3. The van der Waals surface area contributed by atoms with Gasteiger partial charge in [-0.25, -0.2) is 13.7 Å². The lowest BCUT2D eigenvalue weighted by atomic mass is 10.1. The van der Waals surface area contributed by atoms with Crippen molar-refractivity contribution in [3.05, 3.63) is 30.2 Å². The Balaban J connectivity index is 0.000000271. The molecule has 0 spiro atoms. The zero-order valence-electron chi connectivity index (χ0n) is 16.4. The second-order valence-corrected chi connectivity index (χ2v) is 8.10. The molecule has 0 radical (unpaired) electrons. The van der Waals surface area contributed by atoms with E-state index in [1.54, 1.807) is 18.1 Å². The standard InChI is InChI=1S/C15H18FN3OS.C5H9NO/c1-18-7-9-19(10-8-18)21-13-4-3-12(16)14-11(13)5-6-17-15(14)20-2;7-4-3-6-5-1-2-5/h3-6H,7-10H2,1-2H3;4-6H,1-3H2. The molecule has 2 aromatic rings. The third-order valence-corrected chi connectivity index (χ3v) is 5.93. The summed E-state index contributed by atoms with van der Waals surface area (Å²) >= 11 is 1.68. The summed E-state index contributed by atoms with van der Waals surface area (Å²) in [5.74, 6) is 0.0449. The van der Waals surface area contributed by atoms with Gasteiger partial charge in [0.2, 0.25) is 5.88 Å². The van der Waals surface area contributed by atoms with E-state index in [-0.39, 0.29) is 5.82 Å². The zero-order valence-corrected chi connectivity index (χ0v) is 17.2. The molecule has 0 bridgehead atoms. The van der Waals surface area contributed by atoms with Crippen LogP contribution >= 0.6 is 11.9 Å². The number of rotatable bonds is 6. The number of likely N-dealkylation sites (N-methyl/N-ethyl adjacent to an activating group) is 1. The first-order chi connectivity index (χ1) is 13.6. The third kappa shape index (κ3) is 5.64. The van der Waals surface area contributed by atoms with Crippen molar-refractivity contribution >= 4 is 29.0 Å². The summed E-state index contributed by atoms with van der Waals surface area (Å²) in [5.41, 5.74) is 0. The Kier molecular flexibility index (Phi) is 7.61. The van der Waals surface area contributed by atoms with Gasteiger partial charge in [-0.3, -0.25) is 0 Å². The third-order valence-electron chi connectivity index (χ3n) is 4.75. The molecule has 6 nitrogen and oxygen atoms in total. The number of pyridine rings is 1. The van der Waals surface area contributed by atoms with Crippen LogP contribution in [0.4, 0.5) is 4.39 Å². The van der Waals surface area contributed by atoms with Crippen molar-refractivity contribution in [2.75, 3.05) is 46.9 Å².